The number of rotatable bonds is 6. The molecule has 0 unspecified atom stereocenters. The molecule has 1 heterocycles. The molecule has 0 fully saturated rings. The molecular weight excluding hydrogens is 332 g/mol. The first-order valence-corrected chi connectivity index (χ1v) is 8.09. The number of benzene rings is 2. The second-order valence-electron chi connectivity index (χ2n) is 5.74. The second-order valence-corrected chi connectivity index (χ2v) is 5.74. The van der Waals surface area contributed by atoms with Crippen LogP contribution in [0, 0.1) is 6.92 Å². The van der Waals surface area contributed by atoms with Crippen LogP contribution in [0.3, 0.4) is 0 Å². The van der Waals surface area contributed by atoms with Crippen molar-refractivity contribution in [2.75, 3.05) is 14.2 Å². The van der Waals surface area contributed by atoms with Gasteiger partial charge in [0, 0.05) is 18.2 Å². The third-order valence-corrected chi connectivity index (χ3v) is 3.96. The number of amides is 1. The van der Waals surface area contributed by atoms with Crippen LogP contribution in [0.5, 0.6) is 11.5 Å². The number of hydrogen-bond acceptors (Lipinski definition) is 5. The number of aryl methyl sites for hydroxylation is 1. The zero-order valence-corrected chi connectivity index (χ0v) is 14.9. The van der Waals surface area contributed by atoms with Gasteiger partial charge >= 0.3 is 0 Å². The Bertz CT molecular complexity index is 903. The van der Waals surface area contributed by atoms with Crippen molar-refractivity contribution in [3.05, 3.63) is 65.5 Å². The molecule has 7 heteroatoms. The summed E-state index contributed by atoms with van der Waals surface area (Å²) < 4.78 is 12.1. The number of nitrogens with one attached hydrogen (secondary N) is 1. The van der Waals surface area contributed by atoms with Crippen molar-refractivity contribution in [3.8, 4) is 17.2 Å². The van der Waals surface area contributed by atoms with Crippen molar-refractivity contribution in [1.82, 2.24) is 20.3 Å². The third-order valence-electron chi connectivity index (χ3n) is 3.96. The van der Waals surface area contributed by atoms with Gasteiger partial charge in [-0.25, -0.2) is 4.68 Å². The van der Waals surface area contributed by atoms with Crippen molar-refractivity contribution in [2.45, 2.75) is 13.5 Å². The van der Waals surface area contributed by atoms with Gasteiger partial charge in [-0.05, 0) is 31.2 Å². The van der Waals surface area contributed by atoms with Crippen LogP contribution >= 0.6 is 0 Å². The van der Waals surface area contributed by atoms with Crippen LogP contribution in [0.4, 0.5) is 0 Å². The molecule has 2 aromatic carbocycles. The smallest absolute Gasteiger partial charge is 0.273 e. The van der Waals surface area contributed by atoms with E-state index in [1.165, 1.54) is 0 Å². The molecule has 0 saturated heterocycles. The maximum absolute atomic E-state index is 12.3. The summed E-state index contributed by atoms with van der Waals surface area (Å²) in [6, 6.07) is 13.2. The average Bonchev–Trinajstić information content (AvgIpc) is 3.16. The lowest BCUT2D eigenvalue weighted by atomic mass is 10.2. The van der Waals surface area contributed by atoms with Crippen molar-refractivity contribution >= 4 is 5.91 Å². The summed E-state index contributed by atoms with van der Waals surface area (Å²) in [5.74, 6) is 1.03. The SMILES string of the molecule is COc1ccc(CNC(=O)c2cn(-c3ccc(C)cc3)nn2)c(OC)c1. The topological polar surface area (TPSA) is 78.3 Å². The summed E-state index contributed by atoms with van der Waals surface area (Å²) >= 11 is 0. The van der Waals surface area contributed by atoms with Gasteiger partial charge in [-0.3, -0.25) is 4.79 Å². The standard InChI is InChI=1S/C19H20N4O3/c1-13-4-7-15(8-5-13)23-12-17(21-22-23)19(24)20-11-14-6-9-16(25-2)10-18(14)26-3/h4-10,12H,11H2,1-3H3,(H,20,24). The predicted molar refractivity (Wildman–Crippen MR) is 96.8 cm³/mol. The van der Waals surface area contributed by atoms with Crippen LogP contribution < -0.4 is 14.8 Å². The normalized spacial score (nSPS) is 10.4. The maximum atomic E-state index is 12.3. The van der Waals surface area contributed by atoms with Gasteiger partial charge in [-0.15, -0.1) is 5.10 Å². The Morgan fingerprint density at radius 1 is 1.12 bits per heavy atom. The molecule has 0 aliphatic carbocycles. The molecule has 0 aliphatic rings. The van der Waals surface area contributed by atoms with E-state index in [0.29, 0.717) is 18.0 Å². The Morgan fingerprint density at radius 3 is 2.58 bits per heavy atom. The van der Waals surface area contributed by atoms with Crippen LogP contribution in [-0.4, -0.2) is 35.1 Å². The predicted octanol–water partition coefficient (Wildman–Crippen LogP) is 2.52. The van der Waals surface area contributed by atoms with E-state index in [0.717, 1.165) is 16.8 Å². The molecule has 134 valence electrons. The highest BCUT2D eigenvalue weighted by Crippen LogP contribution is 2.24. The van der Waals surface area contributed by atoms with E-state index in [-0.39, 0.29) is 11.6 Å². The van der Waals surface area contributed by atoms with Gasteiger partial charge in [0.05, 0.1) is 26.1 Å². The first-order chi connectivity index (χ1) is 12.6. The fourth-order valence-corrected chi connectivity index (χ4v) is 2.46. The second kappa shape index (κ2) is 7.69. The lowest BCUT2D eigenvalue weighted by Gasteiger charge is -2.10. The summed E-state index contributed by atoms with van der Waals surface area (Å²) in [5, 5.41) is 10.8. The molecule has 7 nitrogen and oxygen atoms in total. The number of aromatic nitrogens is 3. The van der Waals surface area contributed by atoms with Crippen molar-refractivity contribution < 1.29 is 14.3 Å². The molecule has 1 N–H and O–H groups in total. The molecule has 1 amide bonds. The Kier molecular flexibility index (Phi) is 5.17. The molecule has 0 atom stereocenters. The van der Waals surface area contributed by atoms with Gasteiger partial charge in [0.15, 0.2) is 5.69 Å². The fourth-order valence-electron chi connectivity index (χ4n) is 2.46. The Hall–Kier alpha value is -3.35. The fraction of sp³-hybridized carbons (Fsp3) is 0.211. The first kappa shape index (κ1) is 17.5. The minimum absolute atomic E-state index is 0.248. The lowest BCUT2D eigenvalue weighted by Crippen LogP contribution is -2.23. The number of ether oxygens (including phenoxy) is 2. The van der Waals surface area contributed by atoms with Gasteiger partial charge in [-0.1, -0.05) is 22.9 Å². The van der Waals surface area contributed by atoms with Crippen LogP contribution in [0.15, 0.2) is 48.7 Å². The number of carbonyl (C=O) groups is 1. The quantitative estimate of drug-likeness (QED) is 0.737. The van der Waals surface area contributed by atoms with Gasteiger partial charge in [0.2, 0.25) is 0 Å². The highest BCUT2D eigenvalue weighted by Gasteiger charge is 2.13. The van der Waals surface area contributed by atoms with Gasteiger partial charge < -0.3 is 14.8 Å². The highest BCUT2D eigenvalue weighted by atomic mass is 16.5. The molecular formula is C19H20N4O3. The molecule has 0 aliphatic heterocycles. The van der Waals surface area contributed by atoms with E-state index >= 15 is 0 Å². The summed E-state index contributed by atoms with van der Waals surface area (Å²) in [6.45, 7) is 2.32. The molecule has 0 saturated carbocycles. The number of methoxy groups -OCH3 is 2. The number of carbonyl (C=O) groups excluding carboxylic acids is 1. The summed E-state index contributed by atoms with van der Waals surface area (Å²) in [4.78, 5) is 12.3. The Labute approximate surface area is 151 Å². The molecule has 0 bridgehead atoms. The lowest BCUT2D eigenvalue weighted by molar-refractivity contribution is 0.0945. The molecule has 0 spiro atoms. The number of hydrogen-bond donors (Lipinski definition) is 1. The Balaban J connectivity index is 1.68. The monoisotopic (exact) mass is 352 g/mol. The minimum atomic E-state index is -0.304. The van der Waals surface area contributed by atoms with Crippen LogP contribution in [0.25, 0.3) is 5.69 Å². The van der Waals surface area contributed by atoms with E-state index in [9.17, 15) is 4.79 Å². The summed E-state index contributed by atoms with van der Waals surface area (Å²) in [7, 11) is 3.17. The molecule has 3 aromatic rings. The van der Waals surface area contributed by atoms with E-state index in [1.54, 1.807) is 31.2 Å². The van der Waals surface area contributed by atoms with Crippen LogP contribution in [0.1, 0.15) is 21.6 Å². The molecule has 3 rings (SSSR count). The zero-order chi connectivity index (χ0) is 18.5. The van der Waals surface area contributed by atoms with Crippen LogP contribution in [-0.2, 0) is 6.54 Å². The van der Waals surface area contributed by atoms with Gasteiger partial charge in [-0.2, -0.15) is 0 Å². The zero-order valence-electron chi connectivity index (χ0n) is 14.9. The summed E-state index contributed by atoms with van der Waals surface area (Å²) in [5.41, 5.74) is 3.09. The molecule has 26 heavy (non-hydrogen) atoms. The molecule has 1 aromatic heterocycles. The van der Waals surface area contributed by atoms with E-state index in [2.05, 4.69) is 15.6 Å². The van der Waals surface area contributed by atoms with Gasteiger partial charge in [0.1, 0.15) is 11.5 Å². The largest absolute Gasteiger partial charge is 0.497 e. The third kappa shape index (κ3) is 3.83. The number of nitrogens with zero attached hydrogens (tertiary/aromatic N) is 3. The average molecular weight is 352 g/mol. The van der Waals surface area contributed by atoms with E-state index < -0.39 is 0 Å². The minimum Gasteiger partial charge on any atom is -0.497 e. The van der Waals surface area contributed by atoms with Crippen molar-refractivity contribution in [3.63, 3.8) is 0 Å². The maximum Gasteiger partial charge on any atom is 0.273 e. The van der Waals surface area contributed by atoms with Crippen LogP contribution in [0.2, 0.25) is 0 Å². The van der Waals surface area contributed by atoms with E-state index in [1.807, 2.05) is 43.3 Å². The molecule has 0 radical (unpaired) electrons. The summed E-state index contributed by atoms with van der Waals surface area (Å²) in [6.07, 6.45) is 1.60. The Morgan fingerprint density at radius 2 is 1.88 bits per heavy atom. The van der Waals surface area contributed by atoms with Gasteiger partial charge in [0.25, 0.3) is 5.91 Å². The first-order valence-electron chi connectivity index (χ1n) is 8.09. The van der Waals surface area contributed by atoms with Crippen molar-refractivity contribution in [2.24, 2.45) is 0 Å². The van der Waals surface area contributed by atoms with Crippen molar-refractivity contribution in [1.29, 1.82) is 0 Å². The van der Waals surface area contributed by atoms with E-state index in [4.69, 9.17) is 9.47 Å². The highest BCUT2D eigenvalue weighted by molar-refractivity contribution is 5.91.